The number of carbonyl (C=O) groups excluding carboxylic acids is 1. The molecule has 0 spiro atoms. The van der Waals surface area contributed by atoms with Crippen LogP contribution in [0.1, 0.15) is 18.4 Å². The maximum atomic E-state index is 12.6. The number of hydrogen-bond acceptors (Lipinski definition) is 2. The third kappa shape index (κ3) is 3.66. The number of amides is 1. The fourth-order valence-electron chi connectivity index (χ4n) is 2.39. The topological polar surface area (TPSA) is 66.4 Å². The normalized spacial score (nSPS) is 21.4. The maximum absolute atomic E-state index is 12.6. The number of alkyl halides is 3. The van der Waals surface area contributed by atoms with E-state index < -0.39 is 35.5 Å². The summed E-state index contributed by atoms with van der Waals surface area (Å²) in [6.07, 6.45) is -0.627. The third-order valence-corrected chi connectivity index (χ3v) is 3.54. The molecule has 2 N–H and O–H groups in total. The van der Waals surface area contributed by atoms with Gasteiger partial charge in [0.25, 0.3) is 0 Å². The molecule has 22 heavy (non-hydrogen) atoms. The molecule has 0 saturated carbocycles. The summed E-state index contributed by atoms with van der Waals surface area (Å²) in [5.74, 6) is -3.34. The minimum atomic E-state index is -4.50. The molecule has 0 aliphatic heterocycles. The van der Waals surface area contributed by atoms with Gasteiger partial charge in [0.1, 0.15) is 0 Å². The van der Waals surface area contributed by atoms with E-state index in [1.807, 2.05) is 0 Å². The van der Waals surface area contributed by atoms with E-state index in [1.165, 1.54) is 12.1 Å². The number of aliphatic carboxylic acids is 1. The summed E-state index contributed by atoms with van der Waals surface area (Å²) < 4.78 is 37.9. The average molecular weight is 313 g/mol. The SMILES string of the molecule is O=C(O)[C@H]1CC=CC[C@@H]1C(=O)Nc1cccc(C(F)(F)F)c1. The molecule has 0 aromatic heterocycles. The van der Waals surface area contributed by atoms with Crippen molar-refractivity contribution in [1.29, 1.82) is 0 Å². The Labute approximate surface area is 124 Å². The molecule has 7 heteroatoms. The zero-order valence-corrected chi connectivity index (χ0v) is 11.4. The molecule has 2 rings (SSSR count). The summed E-state index contributed by atoms with van der Waals surface area (Å²) >= 11 is 0. The summed E-state index contributed by atoms with van der Waals surface area (Å²) in [7, 11) is 0. The van der Waals surface area contributed by atoms with Crippen LogP contribution < -0.4 is 5.32 Å². The van der Waals surface area contributed by atoms with Gasteiger partial charge in [0.05, 0.1) is 17.4 Å². The zero-order valence-electron chi connectivity index (χ0n) is 11.4. The first-order valence-corrected chi connectivity index (χ1v) is 6.65. The van der Waals surface area contributed by atoms with Crippen molar-refractivity contribution in [1.82, 2.24) is 0 Å². The minimum absolute atomic E-state index is 0.00137. The Balaban J connectivity index is 2.15. The highest BCUT2D eigenvalue weighted by Crippen LogP contribution is 2.31. The smallest absolute Gasteiger partial charge is 0.416 e. The Morgan fingerprint density at radius 3 is 2.36 bits per heavy atom. The molecule has 118 valence electrons. The van der Waals surface area contributed by atoms with Gasteiger partial charge in [-0.1, -0.05) is 18.2 Å². The van der Waals surface area contributed by atoms with E-state index >= 15 is 0 Å². The molecule has 4 nitrogen and oxygen atoms in total. The Hall–Kier alpha value is -2.31. The van der Waals surface area contributed by atoms with Crippen LogP contribution in [0.15, 0.2) is 36.4 Å². The van der Waals surface area contributed by atoms with Crippen molar-refractivity contribution < 1.29 is 27.9 Å². The second-order valence-electron chi connectivity index (χ2n) is 5.06. The van der Waals surface area contributed by atoms with E-state index in [4.69, 9.17) is 5.11 Å². The van der Waals surface area contributed by atoms with Gasteiger partial charge in [0.2, 0.25) is 5.91 Å². The largest absolute Gasteiger partial charge is 0.481 e. The van der Waals surface area contributed by atoms with E-state index in [-0.39, 0.29) is 18.5 Å². The van der Waals surface area contributed by atoms with E-state index in [9.17, 15) is 22.8 Å². The third-order valence-electron chi connectivity index (χ3n) is 3.54. The zero-order chi connectivity index (χ0) is 16.3. The first-order chi connectivity index (χ1) is 10.3. The quantitative estimate of drug-likeness (QED) is 0.841. The lowest BCUT2D eigenvalue weighted by molar-refractivity contribution is -0.146. The summed E-state index contributed by atoms with van der Waals surface area (Å²) in [4.78, 5) is 23.3. The van der Waals surface area contributed by atoms with Crippen molar-refractivity contribution >= 4 is 17.6 Å². The van der Waals surface area contributed by atoms with Crippen molar-refractivity contribution in [2.75, 3.05) is 5.32 Å². The molecule has 1 aliphatic rings. The van der Waals surface area contributed by atoms with Crippen LogP contribution in [-0.2, 0) is 15.8 Å². The lowest BCUT2D eigenvalue weighted by Crippen LogP contribution is -2.34. The van der Waals surface area contributed by atoms with E-state index in [0.717, 1.165) is 12.1 Å². The van der Waals surface area contributed by atoms with Crippen LogP contribution in [0, 0.1) is 11.8 Å². The van der Waals surface area contributed by atoms with Crippen molar-refractivity contribution in [2.45, 2.75) is 19.0 Å². The van der Waals surface area contributed by atoms with Gasteiger partial charge in [-0.05, 0) is 31.0 Å². The van der Waals surface area contributed by atoms with Crippen molar-refractivity contribution in [3.63, 3.8) is 0 Å². The summed E-state index contributed by atoms with van der Waals surface area (Å²) in [5.41, 5.74) is -0.873. The van der Waals surface area contributed by atoms with E-state index in [0.29, 0.717) is 0 Å². The fraction of sp³-hybridized carbons (Fsp3) is 0.333. The number of anilines is 1. The number of carboxylic acids is 1. The Bertz CT molecular complexity index is 610. The van der Waals surface area contributed by atoms with Crippen LogP contribution in [0.2, 0.25) is 0 Å². The van der Waals surface area contributed by atoms with Gasteiger partial charge in [0.15, 0.2) is 0 Å². The Morgan fingerprint density at radius 1 is 1.14 bits per heavy atom. The molecule has 1 aromatic carbocycles. The molecule has 1 aliphatic carbocycles. The number of allylic oxidation sites excluding steroid dienone is 2. The lowest BCUT2D eigenvalue weighted by Gasteiger charge is -2.24. The number of halogens is 3. The van der Waals surface area contributed by atoms with Gasteiger partial charge >= 0.3 is 12.1 Å². The predicted molar refractivity (Wildman–Crippen MR) is 73.1 cm³/mol. The number of rotatable bonds is 3. The molecule has 0 bridgehead atoms. The second kappa shape index (κ2) is 6.21. The van der Waals surface area contributed by atoms with E-state index in [1.54, 1.807) is 12.2 Å². The Kier molecular flexibility index (Phi) is 4.54. The predicted octanol–water partition coefficient (Wildman–Crippen LogP) is 3.31. The minimum Gasteiger partial charge on any atom is -0.481 e. The van der Waals surface area contributed by atoms with Gasteiger partial charge in [-0.3, -0.25) is 9.59 Å². The molecule has 2 atom stereocenters. The standard InChI is InChI=1S/C15H14F3NO3/c16-15(17,18)9-4-3-5-10(8-9)19-13(20)11-6-1-2-7-12(11)14(21)22/h1-5,8,11-12H,6-7H2,(H,19,20)(H,21,22)/t11-,12-/m0/s1. The molecule has 0 unspecified atom stereocenters. The average Bonchev–Trinajstić information content (AvgIpc) is 2.46. The number of nitrogens with one attached hydrogen (secondary N) is 1. The summed E-state index contributed by atoms with van der Waals surface area (Å²) in [6.45, 7) is 0. The van der Waals surface area contributed by atoms with Crippen molar-refractivity contribution in [2.24, 2.45) is 11.8 Å². The van der Waals surface area contributed by atoms with Crippen LogP contribution in [0.3, 0.4) is 0 Å². The van der Waals surface area contributed by atoms with Crippen LogP contribution in [0.5, 0.6) is 0 Å². The van der Waals surface area contributed by atoms with Gasteiger partial charge in [-0.25, -0.2) is 0 Å². The Morgan fingerprint density at radius 2 is 1.77 bits per heavy atom. The lowest BCUT2D eigenvalue weighted by atomic mass is 9.82. The molecule has 1 amide bonds. The first-order valence-electron chi connectivity index (χ1n) is 6.65. The van der Waals surface area contributed by atoms with Crippen LogP contribution in [-0.4, -0.2) is 17.0 Å². The molecule has 0 heterocycles. The van der Waals surface area contributed by atoms with Crippen molar-refractivity contribution in [3.05, 3.63) is 42.0 Å². The highest BCUT2D eigenvalue weighted by molar-refractivity contribution is 5.95. The molecular weight excluding hydrogens is 299 g/mol. The fourth-order valence-corrected chi connectivity index (χ4v) is 2.39. The van der Waals surface area contributed by atoms with Crippen LogP contribution in [0.4, 0.5) is 18.9 Å². The van der Waals surface area contributed by atoms with Crippen molar-refractivity contribution in [3.8, 4) is 0 Å². The molecule has 0 fully saturated rings. The summed E-state index contributed by atoms with van der Waals surface area (Å²) in [5, 5.41) is 11.5. The summed E-state index contributed by atoms with van der Waals surface area (Å²) in [6, 6.07) is 4.25. The highest BCUT2D eigenvalue weighted by Gasteiger charge is 2.34. The van der Waals surface area contributed by atoms with Gasteiger partial charge in [0, 0.05) is 5.69 Å². The number of benzene rings is 1. The molecule has 1 aromatic rings. The maximum Gasteiger partial charge on any atom is 0.416 e. The number of carboxylic acid groups (broad SMARTS) is 1. The van der Waals surface area contributed by atoms with Gasteiger partial charge in [-0.15, -0.1) is 0 Å². The van der Waals surface area contributed by atoms with Crippen LogP contribution in [0.25, 0.3) is 0 Å². The monoisotopic (exact) mass is 313 g/mol. The second-order valence-corrected chi connectivity index (χ2v) is 5.06. The number of carbonyl (C=O) groups is 2. The van der Waals surface area contributed by atoms with Gasteiger partial charge in [-0.2, -0.15) is 13.2 Å². The highest BCUT2D eigenvalue weighted by atomic mass is 19.4. The molecular formula is C15H14F3NO3. The van der Waals surface area contributed by atoms with Gasteiger partial charge < -0.3 is 10.4 Å². The van der Waals surface area contributed by atoms with Crippen LogP contribution >= 0.6 is 0 Å². The molecule has 0 radical (unpaired) electrons. The first kappa shape index (κ1) is 16.1. The van der Waals surface area contributed by atoms with E-state index in [2.05, 4.69) is 5.32 Å². The number of hydrogen-bond donors (Lipinski definition) is 2. The molecule has 0 saturated heterocycles.